The van der Waals surface area contributed by atoms with Crippen LogP contribution in [0.1, 0.15) is 18.5 Å². The van der Waals surface area contributed by atoms with Gasteiger partial charge in [0.15, 0.2) is 0 Å². The van der Waals surface area contributed by atoms with E-state index < -0.39 is 0 Å². The fraction of sp³-hybridized carbons (Fsp3) is 0.467. The van der Waals surface area contributed by atoms with Crippen LogP contribution in [0.4, 0.5) is 0 Å². The molecular formula is C15H20ClN3. The number of nitrogens with one attached hydrogen (secondary N) is 2. The molecule has 0 amide bonds. The normalized spacial score (nSPS) is 15.5. The van der Waals surface area contributed by atoms with Gasteiger partial charge in [-0.05, 0) is 26.0 Å². The summed E-state index contributed by atoms with van der Waals surface area (Å²) in [6.07, 6.45) is 2.73. The Morgan fingerprint density at radius 3 is 2.89 bits per heavy atom. The van der Waals surface area contributed by atoms with Crippen LogP contribution in [-0.2, 0) is 6.54 Å². The summed E-state index contributed by atoms with van der Waals surface area (Å²) in [5, 5.41) is 5.41. The van der Waals surface area contributed by atoms with Gasteiger partial charge in [-0.15, -0.1) is 0 Å². The molecule has 0 aliphatic heterocycles. The Kier molecular flexibility index (Phi) is 3.78. The molecule has 3 nitrogen and oxygen atoms in total. The second-order valence-corrected chi connectivity index (χ2v) is 5.73. The van der Waals surface area contributed by atoms with Gasteiger partial charge in [0.2, 0.25) is 0 Å². The molecule has 0 unspecified atom stereocenters. The second-order valence-electron chi connectivity index (χ2n) is 5.35. The molecule has 1 fully saturated rings. The van der Waals surface area contributed by atoms with Crippen LogP contribution in [0.2, 0.25) is 5.02 Å². The topological polar surface area (TPSA) is 31.1 Å². The first-order valence-corrected chi connectivity index (χ1v) is 7.29. The molecule has 19 heavy (non-hydrogen) atoms. The van der Waals surface area contributed by atoms with Crippen LogP contribution in [0.5, 0.6) is 0 Å². The van der Waals surface area contributed by atoms with E-state index in [2.05, 4.69) is 34.4 Å². The van der Waals surface area contributed by atoms with Gasteiger partial charge in [0.25, 0.3) is 0 Å². The van der Waals surface area contributed by atoms with Gasteiger partial charge in [-0.25, -0.2) is 0 Å². The number of fused-ring (bicyclic) bond motifs is 1. The minimum Gasteiger partial charge on any atom is -0.356 e. The lowest BCUT2D eigenvalue weighted by atomic mass is 10.2. The standard InChI is InChI=1S/C15H20ClN3/c1-19(11-6-7-11)9-8-17-10-14-15(16)12-4-2-3-5-13(12)18-14/h2-5,11,17-18H,6-10H2,1H3. The summed E-state index contributed by atoms with van der Waals surface area (Å²) in [4.78, 5) is 5.81. The summed E-state index contributed by atoms with van der Waals surface area (Å²) in [5.74, 6) is 0. The van der Waals surface area contributed by atoms with Crippen LogP contribution in [0.3, 0.4) is 0 Å². The second kappa shape index (κ2) is 5.53. The van der Waals surface area contributed by atoms with E-state index in [1.54, 1.807) is 0 Å². The van der Waals surface area contributed by atoms with Gasteiger partial charge in [0, 0.05) is 42.3 Å². The predicted octanol–water partition coefficient (Wildman–Crippen LogP) is 3.01. The molecule has 0 saturated heterocycles. The van der Waals surface area contributed by atoms with Crippen LogP contribution in [0.15, 0.2) is 24.3 Å². The molecule has 1 aromatic heterocycles. The molecule has 1 saturated carbocycles. The van der Waals surface area contributed by atoms with Crippen molar-refractivity contribution in [3.63, 3.8) is 0 Å². The van der Waals surface area contributed by atoms with Crippen LogP contribution >= 0.6 is 11.6 Å². The molecule has 1 aromatic carbocycles. The quantitative estimate of drug-likeness (QED) is 0.796. The number of hydrogen-bond acceptors (Lipinski definition) is 2. The van der Waals surface area contributed by atoms with Gasteiger partial charge in [0.1, 0.15) is 0 Å². The molecule has 3 rings (SSSR count). The molecule has 0 atom stereocenters. The lowest BCUT2D eigenvalue weighted by Gasteiger charge is -2.15. The highest BCUT2D eigenvalue weighted by Crippen LogP contribution is 2.27. The van der Waals surface area contributed by atoms with E-state index in [0.29, 0.717) is 0 Å². The number of hydrogen-bond donors (Lipinski definition) is 2. The monoisotopic (exact) mass is 277 g/mol. The Morgan fingerprint density at radius 1 is 1.37 bits per heavy atom. The highest BCUT2D eigenvalue weighted by molar-refractivity contribution is 6.36. The van der Waals surface area contributed by atoms with Crippen LogP contribution in [-0.4, -0.2) is 36.1 Å². The first-order chi connectivity index (χ1) is 9.25. The summed E-state index contributed by atoms with van der Waals surface area (Å²) < 4.78 is 0. The lowest BCUT2D eigenvalue weighted by molar-refractivity contribution is 0.321. The Balaban J connectivity index is 1.54. The molecule has 1 aliphatic rings. The highest BCUT2D eigenvalue weighted by Gasteiger charge is 2.25. The van der Waals surface area contributed by atoms with Crippen molar-refractivity contribution in [2.24, 2.45) is 0 Å². The third kappa shape index (κ3) is 2.94. The number of halogens is 1. The minimum atomic E-state index is 0.798. The maximum atomic E-state index is 6.38. The number of para-hydroxylation sites is 1. The van der Waals surface area contributed by atoms with Crippen molar-refractivity contribution in [2.45, 2.75) is 25.4 Å². The van der Waals surface area contributed by atoms with Gasteiger partial charge >= 0.3 is 0 Å². The molecule has 0 spiro atoms. The van der Waals surface area contributed by atoms with Gasteiger partial charge in [0.05, 0.1) is 5.02 Å². The first kappa shape index (κ1) is 13.0. The van der Waals surface area contributed by atoms with E-state index in [9.17, 15) is 0 Å². The van der Waals surface area contributed by atoms with Crippen molar-refractivity contribution < 1.29 is 0 Å². The van der Waals surface area contributed by atoms with E-state index in [0.717, 1.165) is 47.3 Å². The number of benzene rings is 1. The average Bonchev–Trinajstić information content (AvgIpc) is 3.22. The molecule has 4 heteroatoms. The number of likely N-dealkylation sites (N-methyl/N-ethyl adjacent to an activating group) is 1. The molecule has 2 N–H and O–H groups in total. The van der Waals surface area contributed by atoms with Crippen molar-refractivity contribution in [2.75, 3.05) is 20.1 Å². The molecular weight excluding hydrogens is 258 g/mol. The van der Waals surface area contributed by atoms with Gasteiger partial charge < -0.3 is 15.2 Å². The number of aromatic nitrogens is 1. The zero-order valence-electron chi connectivity index (χ0n) is 11.2. The Labute approximate surface area is 118 Å². The smallest absolute Gasteiger partial charge is 0.0705 e. The van der Waals surface area contributed by atoms with Crippen molar-refractivity contribution in [3.05, 3.63) is 35.0 Å². The lowest BCUT2D eigenvalue weighted by Crippen LogP contribution is -2.30. The summed E-state index contributed by atoms with van der Waals surface area (Å²) in [6, 6.07) is 8.99. The maximum Gasteiger partial charge on any atom is 0.0705 e. The van der Waals surface area contributed by atoms with Gasteiger partial charge in [-0.1, -0.05) is 29.8 Å². The van der Waals surface area contributed by atoms with Crippen molar-refractivity contribution >= 4 is 22.5 Å². The zero-order chi connectivity index (χ0) is 13.2. The van der Waals surface area contributed by atoms with Gasteiger partial charge in [-0.3, -0.25) is 0 Å². The van der Waals surface area contributed by atoms with E-state index in [1.807, 2.05) is 12.1 Å². The number of aromatic amines is 1. The van der Waals surface area contributed by atoms with E-state index in [1.165, 1.54) is 12.8 Å². The van der Waals surface area contributed by atoms with Crippen molar-refractivity contribution in [1.82, 2.24) is 15.2 Å². The van der Waals surface area contributed by atoms with Crippen molar-refractivity contribution in [3.8, 4) is 0 Å². The SMILES string of the molecule is CN(CCNCc1[nH]c2ccccc2c1Cl)C1CC1. The number of rotatable bonds is 6. The van der Waals surface area contributed by atoms with Crippen LogP contribution in [0.25, 0.3) is 10.9 Å². The summed E-state index contributed by atoms with van der Waals surface area (Å²) in [6.45, 7) is 2.90. The van der Waals surface area contributed by atoms with E-state index >= 15 is 0 Å². The third-order valence-corrected chi connectivity index (χ3v) is 4.26. The fourth-order valence-electron chi connectivity index (χ4n) is 2.45. The van der Waals surface area contributed by atoms with Crippen molar-refractivity contribution in [1.29, 1.82) is 0 Å². The largest absolute Gasteiger partial charge is 0.356 e. The fourth-order valence-corrected chi connectivity index (χ4v) is 2.73. The van der Waals surface area contributed by atoms with Gasteiger partial charge in [-0.2, -0.15) is 0 Å². The highest BCUT2D eigenvalue weighted by atomic mass is 35.5. The van der Waals surface area contributed by atoms with E-state index in [4.69, 9.17) is 11.6 Å². The van der Waals surface area contributed by atoms with Crippen LogP contribution in [0, 0.1) is 0 Å². The predicted molar refractivity (Wildman–Crippen MR) is 80.7 cm³/mol. The first-order valence-electron chi connectivity index (χ1n) is 6.92. The molecule has 0 bridgehead atoms. The Hall–Kier alpha value is -1.03. The molecule has 2 aromatic rings. The minimum absolute atomic E-state index is 0.798. The summed E-state index contributed by atoms with van der Waals surface area (Å²) in [7, 11) is 2.20. The van der Waals surface area contributed by atoms with E-state index in [-0.39, 0.29) is 0 Å². The molecule has 1 aliphatic carbocycles. The Bertz CT molecular complexity index is 560. The summed E-state index contributed by atoms with van der Waals surface area (Å²) >= 11 is 6.38. The Morgan fingerprint density at radius 2 is 2.16 bits per heavy atom. The summed E-state index contributed by atoms with van der Waals surface area (Å²) in [5.41, 5.74) is 2.19. The maximum absolute atomic E-state index is 6.38. The number of nitrogens with zero attached hydrogens (tertiary/aromatic N) is 1. The molecule has 0 radical (unpaired) electrons. The number of H-pyrrole nitrogens is 1. The average molecular weight is 278 g/mol. The molecule has 1 heterocycles. The molecule has 102 valence electrons. The zero-order valence-corrected chi connectivity index (χ0v) is 12.0. The van der Waals surface area contributed by atoms with Crippen LogP contribution < -0.4 is 5.32 Å². The third-order valence-electron chi connectivity index (χ3n) is 3.83.